The normalized spacial score (nSPS) is 12.9. The Labute approximate surface area is 279 Å². The van der Waals surface area contributed by atoms with E-state index in [0.717, 1.165) is 44.9 Å². The number of anilines is 2. The Bertz CT molecular complexity index is 1930. The summed E-state index contributed by atoms with van der Waals surface area (Å²) in [6.45, 7) is 10.3. The molecule has 3 aromatic heterocycles. The van der Waals surface area contributed by atoms with Crippen molar-refractivity contribution >= 4 is 44.4 Å². The van der Waals surface area contributed by atoms with Crippen LogP contribution >= 0.6 is 11.3 Å². The number of pyridine rings is 1. The number of amides is 1. The predicted molar refractivity (Wildman–Crippen MR) is 189 cm³/mol. The number of thiazole rings is 1. The molecule has 0 atom stereocenters. The van der Waals surface area contributed by atoms with E-state index in [0.29, 0.717) is 48.1 Å². The van der Waals surface area contributed by atoms with Gasteiger partial charge in [-0.15, -0.1) is 0 Å². The fourth-order valence-electron chi connectivity index (χ4n) is 6.43. The zero-order valence-electron chi connectivity index (χ0n) is 27.5. The molecule has 0 unspecified atom stereocenters. The van der Waals surface area contributed by atoms with Gasteiger partial charge in [-0.25, -0.2) is 14.8 Å². The maximum Gasteiger partial charge on any atom is 0.355 e. The van der Waals surface area contributed by atoms with Gasteiger partial charge >= 0.3 is 5.97 Å². The average Bonchev–Trinajstić information content (AvgIpc) is 3.65. The number of hydrogen-bond donors (Lipinski definition) is 2. The highest BCUT2D eigenvalue weighted by molar-refractivity contribution is 7.22. The van der Waals surface area contributed by atoms with Crippen LogP contribution in [0.25, 0.3) is 21.3 Å². The molecule has 0 saturated heterocycles. The first-order valence-corrected chi connectivity index (χ1v) is 17.4. The third-order valence-electron chi connectivity index (χ3n) is 9.04. The quantitative estimate of drug-likeness (QED) is 0.131. The fraction of sp³-hybridized carbons (Fsp3) is 0.378. The summed E-state index contributed by atoms with van der Waals surface area (Å²) < 4.78 is 2.89. The Morgan fingerprint density at radius 2 is 1.89 bits per heavy atom. The molecular weight excluding hydrogens is 609 g/mol. The summed E-state index contributed by atoms with van der Waals surface area (Å²) in [6, 6.07) is 15.9. The standard InChI is InChI=1S/C37H42N6O3S/c1-5-43-24(4)29(21-38-43)27-15-17-33(40-34(27)36(45)46)42-19-18-26-12-9-13-28(30(26)22-42)35(44)41-37-39-31-20-25(14-16-32(31)47-37)11-8-6-7-10-23(2)3/h9,12-17,20-21,23H,5-8,10-11,18-19,22H2,1-4H3,(H,45,46)(H,39,41,44). The van der Waals surface area contributed by atoms with Gasteiger partial charge in [0.05, 0.1) is 16.4 Å². The summed E-state index contributed by atoms with van der Waals surface area (Å²) in [7, 11) is 0. The Morgan fingerprint density at radius 3 is 2.66 bits per heavy atom. The number of hydrogen-bond acceptors (Lipinski definition) is 7. The van der Waals surface area contributed by atoms with Gasteiger partial charge in [-0.3, -0.25) is 14.8 Å². The number of carboxylic acids is 1. The fourth-order valence-corrected chi connectivity index (χ4v) is 7.27. The first kappa shape index (κ1) is 32.4. The molecule has 244 valence electrons. The molecule has 1 aliphatic heterocycles. The zero-order valence-corrected chi connectivity index (χ0v) is 28.4. The van der Waals surface area contributed by atoms with E-state index >= 15 is 0 Å². The summed E-state index contributed by atoms with van der Waals surface area (Å²) >= 11 is 1.48. The molecule has 2 aromatic carbocycles. The molecule has 47 heavy (non-hydrogen) atoms. The number of aryl methyl sites for hydroxylation is 2. The van der Waals surface area contributed by atoms with E-state index in [-0.39, 0.29) is 11.6 Å². The number of carbonyl (C=O) groups is 2. The highest BCUT2D eigenvalue weighted by atomic mass is 32.1. The van der Waals surface area contributed by atoms with E-state index in [2.05, 4.69) is 53.5 Å². The molecule has 0 spiro atoms. The van der Waals surface area contributed by atoms with Crippen LogP contribution in [0.1, 0.15) is 89.7 Å². The molecule has 0 bridgehead atoms. The van der Waals surface area contributed by atoms with E-state index in [4.69, 9.17) is 4.98 Å². The van der Waals surface area contributed by atoms with Gasteiger partial charge in [-0.05, 0) is 86.1 Å². The predicted octanol–water partition coefficient (Wildman–Crippen LogP) is 8.16. The van der Waals surface area contributed by atoms with Crippen LogP contribution in [0.4, 0.5) is 10.9 Å². The van der Waals surface area contributed by atoms with Crippen LogP contribution in [-0.2, 0) is 25.9 Å². The van der Waals surface area contributed by atoms with Gasteiger partial charge in [-0.2, -0.15) is 5.10 Å². The first-order valence-electron chi connectivity index (χ1n) is 16.6. The molecule has 0 fully saturated rings. The second-order valence-electron chi connectivity index (χ2n) is 12.7. The zero-order chi connectivity index (χ0) is 33.1. The number of aromatic nitrogens is 4. The number of fused-ring (bicyclic) bond motifs is 2. The summed E-state index contributed by atoms with van der Waals surface area (Å²) in [4.78, 5) is 37.4. The lowest BCUT2D eigenvalue weighted by atomic mass is 9.94. The smallest absolute Gasteiger partial charge is 0.355 e. The van der Waals surface area contributed by atoms with Crippen LogP contribution in [0.5, 0.6) is 0 Å². The van der Waals surface area contributed by atoms with Crippen molar-refractivity contribution in [2.75, 3.05) is 16.8 Å². The second-order valence-corrected chi connectivity index (χ2v) is 13.7. The van der Waals surface area contributed by atoms with Gasteiger partial charge in [0.2, 0.25) is 0 Å². The van der Waals surface area contributed by atoms with Crippen molar-refractivity contribution in [3.05, 3.63) is 88.4 Å². The molecule has 6 rings (SSSR count). The maximum atomic E-state index is 13.7. The van der Waals surface area contributed by atoms with Crippen molar-refractivity contribution in [1.29, 1.82) is 0 Å². The van der Waals surface area contributed by atoms with Gasteiger partial charge in [-0.1, -0.05) is 62.6 Å². The van der Waals surface area contributed by atoms with E-state index in [1.54, 1.807) is 6.20 Å². The van der Waals surface area contributed by atoms with E-state index in [1.165, 1.54) is 42.6 Å². The molecular formula is C37H42N6O3S. The van der Waals surface area contributed by atoms with Crippen LogP contribution in [-0.4, -0.2) is 43.3 Å². The number of benzene rings is 2. The highest BCUT2D eigenvalue weighted by Crippen LogP contribution is 2.32. The van der Waals surface area contributed by atoms with Crippen LogP contribution in [0.3, 0.4) is 0 Å². The number of rotatable bonds is 12. The molecule has 1 aliphatic rings. The number of carbonyl (C=O) groups excluding carboxylic acids is 1. The second kappa shape index (κ2) is 14.0. The lowest BCUT2D eigenvalue weighted by Crippen LogP contribution is -2.33. The molecule has 4 heterocycles. The molecule has 5 aromatic rings. The monoisotopic (exact) mass is 650 g/mol. The first-order chi connectivity index (χ1) is 22.7. The SMILES string of the molecule is CCn1ncc(-c2ccc(N3CCc4cccc(C(=O)Nc5nc6cc(CCCCCC(C)C)ccc6s5)c4C3)nc2C(=O)O)c1C. The largest absolute Gasteiger partial charge is 0.476 e. The van der Waals surface area contributed by atoms with Crippen LogP contribution < -0.4 is 10.2 Å². The van der Waals surface area contributed by atoms with Crippen molar-refractivity contribution in [2.24, 2.45) is 5.92 Å². The number of unbranched alkanes of at least 4 members (excludes halogenated alkanes) is 2. The van der Waals surface area contributed by atoms with Gasteiger partial charge in [0.25, 0.3) is 5.91 Å². The van der Waals surface area contributed by atoms with Crippen LogP contribution in [0, 0.1) is 12.8 Å². The highest BCUT2D eigenvalue weighted by Gasteiger charge is 2.25. The van der Waals surface area contributed by atoms with Crippen molar-refractivity contribution < 1.29 is 14.7 Å². The van der Waals surface area contributed by atoms with E-state index < -0.39 is 5.97 Å². The Balaban J connectivity index is 1.18. The van der Waals surface area contributed by atoms with Crippen LogP contribution in [0.2, 0.25) is 0 Å². The lowest BCUT2D eigenvalue weighted by molar-refractivity contribution is 0.0691. The topological polar surface area (TPSA) is 113 Å². The minimum Gasteiger partial charge on any atom is -0.476 e. The summed E-state index contributed by atoms with van der Waals surface area (Å²) in [6.07, 6.45) is 8.40. The lowest BCUT2D eigenvalue weighted by Gasteiger charge is -2.31. The Hall–Kier alpha value is -4.57. The van der Waals surface area contributed by atoms with Crippen molar-refractivity contribution in [3.8, 4) is 11.1 Å². The van der Waals surface area contributed by atoms with Crippen molar-refractivity contribution in [1.82, 2.24) is 19.7 Å². The molecule has 0 saturated carbocycles. The van der Waals surface area contributed by atoms with E-state index in [9.17, 15) is 14.7 Å². The summed E-state index contributed by atoms with van der Waals surface area (Å²) in [5, 5.41) is 18.1. The maximum absolute atomic E-state index is 13.7. The van der Waals surface area contributed by atoms with Crippen LogP contribution in [0.15, 0.2) is 54.7 Å². The van der Waals surface area contributed by atoms with Gasteiger partial charge in [0.15, 0.2) is 10.8 Å². The number of nitrogens with one attached hydrogen (secondary N) is 1. The summed E-state index contributed by atoms with van der Waals surface area (Å²) in [5.74, 6) is 0.0253. The molecule has 0 radical (unpaired) electrons. The molecule has 9 nitrogen and oxygen atoms in total. The van der Waals surface area contributed by atoms with E-state index in [1.807, 2.05) is 47.7 Å². The number of aromatic carboxylic acids is 1. The van der Waals surface area contributed by atoms with Gasteiger partial charge < -0.3 is 10.0 Å². The van der Waals surface area contributed by atoms with Crippen molar-refractivity contribution in [3.63, 3.8) is 0 Å². The average molecular weight is 651 g/mol. The van der Waals surface area contributed by atoms with Crippen molar-refractivity contribution in [2.45, 2.75) is 79.3 Å². The number of nitrogens with zero attached hydrogens (tertiary/aromatic N) is 5. The van der Waals surface area contributed by atoms with Gasteiger partial charge in [0, 0.05) is 42.0 Å². The van der Waals surface area contributed by atoms with Gasteiger partial charge in [0.1, 0.15) is 5.82 Å². The minimum absolute atomic E-state index is 0.0109. The summed E-state index contributed by atoms with van der Waals surface area (Å²) in [5.41, 5.74) is 6.99. The Morgan fingerprint density at radius 1 is 1.04 bits per heavy atom. The third kappa shape index (κ3) is 7.07. The molecule has 1 amide bonds. The molecule has 10 heteroatoms. The molecule has 2 N–H and O–H groups in total. The molecule has 0 aliphatic carbocycles. The minimum atomic E-state index is -1.09. The number of carboxylic acid groups (broad SMARTS) is 1. The third-order valence-corrected chi connectivity index (χ3v) is 9.99. The Kier molecular flexibility index (Phi) is 9.68.